The van der Waals surface area contributed by atoms with Gasteiger partial charge in [-0.1, -0.05) is 18.2 Å². The van der Waals surface area contributed by atoms with Gasteiger partial charge in [-0.25, -0.2) is 0 Å². The molecule has 1 heterocycles. The normalized spacial score (nSPS) is 17.9. The smallest absolute Gasteiger partial charge is 0.243 e. The number of para-hydroxylation sites is 1. The molecule has 1 aromatic rings. The highest BCUT2D eigenvalue weighted by Gasteiger charge is 2.25. The Morgan fingerprint density at radius 2 is 2.00 bits per heavy atom. The minimum Gasteiger partial charge on any atom is -0.336 e. The average molecular weight is 303 g/mol. The molecule has 0 spiro atoms. The second-order valence-corrected chi connectivity index (χ2v) is 6.05. The predicted molar refractivity (Wildman–Crippen MR) is 87.8 cm³/mol. The number of aryl methyl sites for hydroxylation is 2. The van der Waals surface area contributed by atoms with Crippen LogP contribution in [0.25, 0.3) is 0 Å². The van der Waals surface area contributed by atoms with Crippen LogP contribution in [0.3, 0.4) is 0 Å². The van der Waals surface area contributed by atoms with Gasteiger partial charge in [0.1, 0.15) is 0 Å². The van der Waals surface area contributed by atoms with Crippen molar-refractivity contribution >= 4 is 17.5 Å². The lowest BCUT2D eigenvalue weighted by Crippen LogP contribution is -2.44. The van der Waals surface area contributed by atoms with Crippen molar-refractivity contribution in [3.63, 3.8) is 0 Å². The number of amides is 2. The number of nitrogens with zero attached hydrogens (tertiary/aromatic N) is 1. The Bertz CT molecular complexity index is 531. The third-order valence-corrected chi connectivity index (χ3v) is 4.15. The monoisotopic (exact) mass is 303 g/mol. The van der Waals surface area contributed by atoms with E-state index in [1.807, 2.05) is 32.0 Å². The second-order valence-electron chi connectivity index (χ2n) is 6.05. The molecule has 0 aromatic heterocycles. The van der Waals surface area contributed by atoms with E-state index in [-0.39, 0.29) is 24.3 Å². The molecule has 2 N–H and O–H groups in total. The first-order valence-corrected chi connectivity index (χ1v) is 7.81. The Kier molecular flexibility index (Phi) is 5.55. The maximum Gasteiger partial charge on any atom is 0.243 e. The summed E-state index contributed by atoms with van der Waals surface area (Å²) in [6.07, 6.45) is 1.91. The number of piperidine rings is 1. The Morgan fingerprint density at radius 1 is 1.32 bits per heavy atom. The van der Waals surface area contributed by atoms with Crippen LogP contribution >= 0.6 is 0 Å². The first-order chi connectivity index (χ1) is 10.5. The van der Waals surface area contributed by atoms with E-state index in [9.17, 15) is 9.59 Å². The topological polar surface area (TPSA) is 61.4 Å². The molecule has 1 unspecified atom stereocenters. The number of benzene rings is 1. The lowest BCUT2D eigenvalue weighted by atomic mass is 9.98. The standard InChI is InChI=1S/C17H25N3O2/c1-12-6-4-7-13(2)16(12)19-15(21)11-20(3)17(22)14-8-5-9-18-10-14/h4,6-7,14,18H,5,8-11H2,1-3H3,(H,19,21). The van der Waals surface area contributed by atoms with Crippen molar-refractivity contribution in [2.24, 2.45) is 5.92 Å². The fourth-order valence-corrected chi connectivity index (χ4v) is 2.86. The molecule has 0 bridgehead atoms. The van der Waals surface area contributed by atoms with Crippen molar-refractivity contribution in [2.45, 2.75) is 26.7 Å². The zero-order valence-electron chi connectivity index (χ0n) is 13.6. The van der Waals surface area contributed by atoms with Crippen LogP contribution in [0.2, 0.25) is 0 Å². The highest BCUT2D eigenvalue weighted by atomic mass is 16.2. The van der Waals surface area contributed by atoms with Gasteiger partial charge in [0.05, 0.1) is 12.5 Å². The molecule has 1 aliphatic rings. The van der Waals surface area contributed by atoms with Crippen molar-refractivity contribution in [3.8, 4) is 0 Å². The molecule has 1 aliphatic heterocycles. The molecule has 1 atom stereocenters. The first kappa shape index (κ1) is 16.5. The molecule has 1 saturated heterocycles. The molecule has 1 fully saturated rings. The van der Waals surface area contributed by atoms with Crippen LogP contribution in [0.4, 0.5) is 5.69 Å². The van der Waals surface area contributed by atoms with Crippen LogP contribution in [0.15, 0.2) is 18.2 Å². The highest BCUT2D eigenvalue weighted by molar-refractivity contribution is 5.96. The van der Waals surface area contributed by atoms with Crippen molar-refractivity contribution in [2.75, 3.05) is 32.0 Å². The predicted octanol–water partition coefficient (Wildman–Crippen LogP) is 1.70. The maximum atomic E-state index is 12.3. The molecular formula is C17H25N3O2. The lowest BCUT2D eigenvalue weighted by molar-refractivity contribution is -0.137. The molecule has 0 radical (unpaired) electrons. The number of rotatable bonds is 4. The van der Waals surface area contributed by atoms with Crippen LogP contribution in [-0.2, 0) is 9.59 Å². The van der Waals surface area contributed by atoms with E-state index in [1.165, 1.54) is 4.90 Å². The van der Waals surface area contributed by atoms with E-state index in [0.717, 1.165) is 36.2 Å². The Morgan fingerprint density at radius 3 is 2.59 bits per heavy atom. The second kappa shape index (κ2) is 7.40. The molecule has 2 rings (SSSR count). The number of likely N-dealkylation sites (N-methyl/N-ethyl adjacent to an activating group) is 1. The molecule has 120 valence electrons. The lowest BCUT2D eigenvalue weighted by Gasteiger charge is -2.26. The number of hydrogen-bond donors (Lipinski definition) is 2. The molecule has 0 aliphatic carbocycles. The Balaban J connectivity index is 1.92. The van der Waals surface area contributed by atoms with Gasteiger partial charge in [0, 0.05) is 19.3 Å². The summed E-state index contributed by atoms with van der Waals surface area (Å²) in [4.78, 5) is 26.0. The molecule has 0 saturated carbocycles. The SMILES string of the molecule is Cc1cccc(C)c1NC(=O)CN(C)C(=O)C1CCCNC1. The first-order valence-electron chi connectivity index (χ1n) is 7.81. The van der Waals surface area contributed by atoms with Gasteiger partial charge in [-0.15, -0.1) is 0 Å². The number of carbonyl (C=O) groups is 2. The van der Waals surface area contributed by atoms with Gasteiger partial charge < -0.3 is 15.5 Å². The van der Waals surface area contributed by atoms with E-state index < -0.39 is 0 Å². The number of anilines is 1. The van der Waals surface area contributed by atoms with E-state index in [2.05, 4.69) is 10.6 Å². The van der Waals surface area contributed by atoms with Crippen molar-refractivity contribution in [1.29, 1.82) is 0 Å². The largest absolute Gasteiger partial charge is 0.336 e. The molecule has 1 aromatic carbocycles. The molecule has 5 heteroatoms. The van der Waals surface area contributed by atoms with E-state index in [0.29, 0.717) is 6.54 Å². The summed E-state index contributed by atoms with van der Waals surface area (Å²) in [5, 5.41) is 6.15. The van der Waals surface area contributed by atoms with Crippen LogP contribution in [0.5, 0.6) is 0 Å². The molecule has 2 amide bonds. The van der Waals surface area contributed by atoms with Gasteiger partial charge >= 0.3 is 0 Å². The summed E-state index contributed by atoms with van der Waals surface area (Å²) in [5.41, 5.74) is 2.89. The van der Waals surface area contributed by atoms with Gasteiger partial charge in [-0.05, 0) is 44.4 Å². The molecular weight excluding hydrogens is 278 g/mol. The summed E-state index contributed by atoms with van der Waals surface area (Å²) in [6.45, 7) is 5.70. The third-order valence-electron chi connectivity index (χ3n) is 4.15. The molecule has 5 nitrogen and oxygen atoms in total. The van der Waals surface area contributed by atoms with E-state index in [4.69, 9.17) is 0 Å². The van der Waals surface area contributed by atoms with Crippen molar-refractivity contribution in [3.05, 3.63) is 29.3 Å². The summed E-state index contributed by atoms with van der Waals surface area (Å²) in [7, 11) is 1.70. The highest BCUT2D eigenvalue weighted by Crippen LogP contribution is 2.19. The average Bonchev–Trinajstić information content (AvgIpc) is 2.51. The summed E-state index contributed by atoms with van der Waals surface area (Å²) in [6, 6.07) is 5.89. The zero-order chi connectivity index (χ0) is 16.1. The van der Waals surface area contributed by atoms with Gasteiger partial charge in [-0.3, -0.25) is 9.59 Å². The zero-order valence-corrected chi connectivity index (χ0v) is 13.6. The Hall–Kier alpha value is -1.88. The van der Waals surface area contributed by atoms with Crippen LogP contribution in [0, 0.1) is 19.8 Å². The van der Waals surface area contributed by atoms with Crippen LogP contribution in [-0.4, -0.2) is 43.4 Å². The quantitative estimate of drug-likeness (QED) is 0.890. The number of carbonyl (C=O) groups excluding carboxylic acids is 2. The van der Waals surface area contributed by atoms with Crippen LogP contribution < -0.4 is 10.6 Å². The minimum absolute atomic E-state index is 0.00764. The van der Waals surface area contributed by atoms with Crippen molar-refractivity contribution in [1.82, 2.24) is 10.2 Å². The van der Waals surface area contributed by atoms with Gasteiger partial charge in [0.25, 0.3) is 0 Å². The Labute approximate surface area is 132 Å². The number of hydrogen-bond acceptors (Lipinski definition) is 3. The van der Waals surface area contributed by atoms with Gasteiger partial charge in [0.15, 0.2) is 0 Å². The maximum absolute atomic E-state index is 12.3. The van der Waals surface area contributed by atoms with Gasteiger partial charge in [-0.2, -0.15) is 0 Å². The third kappa shape index (κ3) is 4.07. The summed E-state index contributed by atoms with van der Waals surface area (Å²) >= 11 is 0. The van der Waals surface area contributed by atoms with E-state index in [1.54, 1.807) is 7.05 Å². The van der Waals surface area contributed by atoms with Gasteiger partial charge in [0.2, 0.25) is 11.8 Å². The fraction of sp³-hybridized carbons (Fsp3) is 0.529. The summed E-state index contributed by atoms with van der Waals surface area (Å²) in [5.74, 6) is -0.118. The van der Waals surface area contributed by atoms with Crippen molar-refractivity contribution < 1.29 is 9.59 Å². The number of nitrogens with one attached hydrogen (secondary N) is 2. The van der Waals surface area contributed by atoms with E-state index >= 15 is 0 Å². The minimum atomic E-state index is -0.156. The van der Waals surface area contributed by atoms with Crippen LogP contribution in [0.1, 0.15) is 24.0 Å². The summed E-state index contributed by atoms with van der Waals surface area (Å²) < 4.78 is 0. The molecule has 22 heavy (non-hydrogen) atoms. The fourth-order valence-electron chi connectivity index (χ4n) is 2.86.